The van der Waals surface area contributed by atoms with Crippen LogP contribution in [0.25, 0.3) is 0 Å². The molecule has 2 heteroatoms. The Labute approximate surface area is 110 Å². The Kier molecular flexibility index (Phi) is 3.55. The third-order valence-corrected chi connectivity index (χ3v) is 4.24. The molecule has 1 N–H and O–H groups in total. The second kappa shape index (κ2) is 5.31. The molecule has 3 rings (SSSR count). The van der Waals surface area contributed by atoms with E-state index < -0.39 is 0 Å². The minimum atomic E-state index is 0.843. The average Bonchev–Trinajstić information content (AvgIpc) is 3.13. The predicted molar refractivity (Wildman–Crippen MR) is 77.2 cm³/mol. The van der Waals surface area contributed by atoms with Crippen LogP contribution in [0.1, 0.15) is 31.7 Å². The van der Waals surface area contributed by atoms with E-state index in [1.165, 1.54) is 50.1 Å². The second-order valence-corrected chi connectivity index (χ2v) is 5.81. The molecule has 2 nitrogen and oxygen atoms in total. The van der Waals surface area contributed by atoms with Crippen LogP contribution < -0.4 is 10.2 Å². The lowest BCUT2D eigenvalue weighted by Crippen LogP contribution is -2.27. The van der Waals surface area contributed by atoms with Gasteiger partial charge in [-0.3, -0.25) is 0 Å². The highest BCUT2D eigenvalue weighted by molar-refractivity contribution is 5.49. The van der Waals surface area contributed by atoms with E-state index >= 15 is 0 Å². The maximum Gasteiger partial charge on any atom is 0.0369 e. The molecule has 1 atom stereocenters. The molecule has 2 aliphatic rings. The summed E-state index contributed by atoms with van der Waals surface area (Å²) in [5, 5.41) is 3.67. The number of nitrogens with zero attached hydrogens (tertiary/aromatic N) is 1. The smallest absolute Gasteiger partial charge is 0.0369 e. The summed E-state index contributed by atoms with van der Waals surface area (Å²) in [4.78, 5) is 2.55. The molecule has 1 heterocycles. The maximum absolute atomic E-state index is 3.67. The molecule has 1 saturated heterocycles. The molecule has 18 heavy (non-hydrogen) atoms. The molecule has 0 amide bonds. The first-order valence-electron chi connectivity index (χ1n) is 7.42. The lowest BCUT2D eigenvalue weighted by Gasteiger charge is -2.19. The Morgan fingerprint density at radius 3 is 2.94 bits per heavy atom. The van der Waals surface area contributed by atoms with Crippen molar-refractivity contribution < 1.29 is 0 Å². The number of aryl methyl sites for hydroxylation is 1. The maximum atomic E-state index is 3.67. The van der Waals surface area contributed by atoms with E-state index in [4.69, 9.17) is 0 Å². The molecule has 1 unspecified atom stereocenters. The van der Waals surface area contributed by atoms with Crippen LogP contribution in [-0.4, -0.2) is 25.7 Å². The van der Waals surface area contributed by atoms with Gasteiger partial charge in [0, 0.05) is 24.8 Å². The Hall–Kier alpha value is -1.02. The van der Waals surface area contributed by atoms with Gasteiger partial charge < -0.3 is 10.2 Å². The van der Waals surface area contributed by atoms with Crippen molar-refractivity contribution in [2.75, 3.05) is 24.5 Å². The van der Waals surface area contributed by atoms with Gasteiger partial charge in [-0.2, -0.15) is 0 Å². The summed E-state index contributed by atoms with van der Waals surface area (Å²) in [5.41, 5.74) is 2.87. The summed E-state index contributed by atoms with van der Waals surface area (Å²) in [6.45, 7) is 5.90. The molecule has 0 spiro atoms. The fraction of sp³-hybridized carbons (Fsp3) is 0.625. The summed E-state index contributed by atoms with van der Waals surface area (Å²) >= 11 is 0. The summed E-state index contributed by atoms with van der Waals surface area (Å²) in [7, 11) is 0. The minimum absolute atomic E-state index is 0.843. The monoisotopic (exact) mass is 244 g/mol. The van der Waals surface area contributed by atoms with Gasteiger partial charge in [0.1, 0.15) is 0 Å². The van der Waals surface area contributed by atoms with E-state index in [1.54, 1.807) is 0 Å². The molecular formula is C16H24N2. The number of hydrogen-bond acceptors (Lipinski definition) is 2. The molecular weight excluding hydrogens is 220 g/mol. The Balaban J connectivity index is 1.56. The molecule has 98 valence electrons. The van der Waals surface area contributed by atoms with Gasteiger partial charge in [0.15, 0.2) is 0 Å². The molecule has 1 aliphatic heterocycles. The van der Waals surface area contributed by atoms with Gasteiger partial charge in [0.05, 0.1) is 0 Å². The molecule has 1 aromatic carbocycles. The Bertz CT molecular complexity index is 398. The fourth-order valence-electron chi connectivity index (χ4n) is 2.83. The van der Waals surface area contributed by atoms with Crippen LogP contribution in [0.15, 0.2) is 24.3 Å². The molecule has 0 bridgehead atoms. The SMILES string of the molecule is CCc1cccc(N2CCC(CNC3CC3)C2)c1. The third kappa shape index (κ3) is 2.86. The van der Waals surface area contributed by atoms with Crippen molar-refractivity contribution >= 4 is 5.69 Å². The zero-order valence-corrected chi connectivity index (χ0v) is 11.4. The van der Waals surface area contributed by atoms with E-state index in [1.807, 2.05) is 0 Å². The molecule has 0 radical (unpaired) electrons. The van der Waals surface area contributed by atoms with Crippen LogP contribution in [0.4, 0.5) is 5.69 Å². The predicted octanol–water partition coefficient (Wildman–Crippen LogP) is 2.83. The van der Waals surface area contributed by atoms with Gasteiger partial charge in [-0.25, -0.2) is 0 Å². The molecule has 0 aromatic heterocycles. The summed E-state index contributed by atoms with van der Waals surface area (Å²) in [6.07, 6.45) is 5.27. The number of anilines is 1. The quantitative estimate of drug-likeness (QED) is 0.857. The minimum Gasteiger partial charge on any atom is -0.371 e. The van der Waals surface area contributed by atoms with E-state index in [2.05, 4.69) is 41.4 Å². The van der Waals surface area contributed by atoms with Crippen LogP contribution in [0.5, 0.6) is 0 Å². The van der Waals surface area contributed by atoms with Gasteiger partial charge in [0.2, 0.25) is 0 Å². The average molecular weight is 244 g/mol. The van der Waals surface area contributed by atoms with Crippen LogP contribution in [0.3, 0.4) is 0 Å². The third-order valence-electron chi connectivity index (χ3n) is 4.24. The van der Waals surface area contributed by atoms with Crippen LogP contribution in [0, 0.1) is 5.92 Å². The van der Waals surface area contributed by atoms with Crippen molar-refractivity contribution in [3.05, 3.63) is 29.8 Å². The largest absolute Gasteiger partial charge is 0.371 e. The Morgan fingerprint density at radius 1 is 1.28 bits per heavy atom. The topological polar surface area (TPSA) is 15.3 Å². The zero-order chi connectivity index (χ0) is 12.4. The van der Waals surface area contributed by atoms with Crippen LogP contribution >= 0.6 is 0 Å². The highest BCUT2D eigenvalue weighted by atomic mass is 15.2. The van der Waals surface area contributed by atoms with Crippen molar-refractivity contribution in [2.24, 2.45) is 5.92 Å². The van der Waals surface area contributed by atoms with Gasteiger partial charge in [-0.1, -0.05) is 19.1 Å². The van der Waals surface area contributed by atoms with Gasteiger partial charge in [-0.05, 0) is 55.8 Å². The number of rotatable bonds is 5. The fourth-order valence-corrected chi connectivity index (χ4v) is 2.83. The normalized spacial score (nSPS) is 23.6. The Morgan fingerprint density at radius 2 is 2.17 bits per heavy atom. The summed E-state index contributed by atoms with van der Waals surface area (Å²) in [6, 6.07) is 9.89. The summed E-state index contributed by atoms with van der Waals surface area (Å²) < 4.78 is 0. The molecule has 2 fully saturated rings. The van der Waals surface area contributed by atoms with Crippen molar-refractivity contribution in [3.8, 4) is 0 Å². The molecule has 1 saturated carbocycles. The first-order chi connectivity index (χ1) is 8.85. The van der Waals surface area contributed by atoms with Crippen molar-refractivity contribution in [2.45, 2.75) is 38.6 Å². The van der Waals surface area contributed by atoms with Crippen LogP contribution in [-0.2, 0) is 6.42 Å². The van der Waals surface area contributed by atoms with Crippen molar-refractivity contribution in [3.63, 3.8) is 0 Å². The van der Waals surface area contributed by atoms with Gasteiger partial charge in [-0.15, -0.1) is 0 Å². The molecule has 1 aliphatic carbocycles. The van der Waals surface area contributed by atoms with E-state index in [9.17, 15) is 0 Å². The highest BCUT2D eigenvalue weighted by Gasteiger charge is 2.26. The first kappa shape index (κ1) is 12.0. The lowest BCUT2D eigenvalue weighted by atomic mass is 10.1. The number of benzene rings is 1. The van der Waals surface area contributed by atoms with E-state index in [0.717, 1.165) is 18.4 Å². The van der Waals surface area contributed by atoms with E-state index in [0.29, 0.717) is 0 Å². The first-order valence-corrected chi connectivity index (χ1v) is 7.42. The van der Waals surface area contributed by atoms with Crippen LogP contribution in [0.2, 0.25) is 0 Å². The second-order valence-electron chi connectivity index (χ2n) is 5.81. The lowest BCUT2D eigenvalue weighted by molar-refractivity contribution is 0.515. The number of nitrogens with one attached hydrogen (secondary N) is 1. The zero-order valence-electron chi connectivity index (χ0n) is 11.4. The standard InChI is InChI=1S/C16H24N2/c1-2-13-4-3-5-16(10-13)18-9-8-14(12-18)11-17-15-6-7-15/h3-5,10,14-15,17H,2,6-9,11-12H2,1H3. The van der Waals surface area contributed by atoms with E-state index in [-0.39, 0.29) is 0 Å². The number of hydrogen-bond donors (Lipinski definition) is 1. The van der Waals surface area contributed by atoms with Crippen molar-refractivity contribution in [1.82, 2.24) is 5.32 Å². The van der Waals surface area contributed by atoms with Gasteiger partial charge >= 0.3 is 0 Å². The summed E-state index contributed by atoms with van der Waals surface area (Å²) in [5.74, 6) is 0.843. The van der Waals surface area contributed by atoms with Gasteiger partial charge in [0.25, 0.3) is 0 Å². The van der Waals surface area contributed by atoms with Crippen molar-refractivity contribution in [1.29, 1.82) is 0 Å². The molecule has 1 aromatic rings. The highest BCUT2D eigenvalue weighted by Crippen LogP contribution is 2.25.